The number of nitrogens with one attached hydrogen (secondary N) is 1. The third-order valence-electron chi connectivity index (χ3n) is 7.39. The second kappa shape index (κ2) is 9.16. The first-order valence-electron chi connectivity index (χ1n) is 12.2. The predicted octanol–water partition coefficient (Wildman–Crippen LogP) is 6.81. The molecule has 1 unspecified atom stereocenters. The normalized spacial score (nSPS) is 19.4. The minimum atomic E-state index is -0.307. The Morgan fingerprint density at radius 2 is 1.97 bits per heavy atom. The number of fused-ring (bicyclic) bond motifs is 2. The number of benzene rings is 2. The molecule has 0 spiro atoms. The van der Waals surface area contributed by atoms with Gasteiger partial charge in [-0.15, -0.1) is 0 Å². The zero-order valence-corrected chi connectivity index (χ0v) is 19.9. The summed E-state index contributed by atoms with van der Waals surface area (Å²) in [5.74, 6) is 1.67. The van der Waals surface area contributed by atoms with Crippen molar-refractivity contribution in [2.24, 2.45) is 5.92 Å². The van der Waals surface area contributed by atoms with Gasteiger partial charge in [0, 0.05) is 17.5 Å². The molecule has 0 bridgehead atoms. The quantitative estimate of drug-likeness (QED) is 0.333. The molecule has 2 aromatic carbocycles. The van der Waals surface area contributed by atoms with Gasteiger partial charge in [0.1, 0.15) is 11.6 Å². The van der Waals surface area contributed by atoms with Crippen LogP contribution in [0.3, 0.4) is 0 Å². The summed E-state index contributed by atoms with van der Waals surface area (Å²) in [4.78, 5) is 25.0. The fourth-order valence-electron chi connectivity index (χ4n) is 5.51. The zero-order chi connectivity index (χ0) is 23.8. The van der Waals surface area contributed by atoms with Crippen LogP contribution in [0.15, 0.2) is 42.6 Å². The Bertz CT molecular complexity index is 1350. The van der Waals surface area contributed by atoms with Gasteiger partial charge in [-0.3, -0.25) is 4.98 Å². The van der Waals surface area contributed by atoms with Crippen LogP contribution in [0.1, 0.15) is 78.7 Å². The number of nitrogens with zero attached hydrogens (tertiary/aromatic N) is 2. The van der Waals surface area contributed by atoms with Gasteiger partial charge in [-0.2, -0.15) is 0 Å². The Kier molecular flexibility index (Phi) is 6.07. The molecular formula is C28H30FN3O2. The highest BCUT2D eigenvalue weighted by Gasteiger charge is 2.29. The van der Waals surface area contributed by atoms with Crippen molar-refractivity contribution in [3.63, 3.8) is 0 Å². The summed E-state index contributed by atoms with van der Waals surface area (Å²) in [6, 6.07) is 10.6. The molecular weight excluding hydrogens is 429 g/mol. The Hall–Kier alpha value is -3.28. The van der Waals surface area contributed by atoms with Crippen molar-refractivity contribution in [3.8, 4) is 0 Å². The second-order valence-electron chi connectivity index (χ2n) is 9.49. The van der Waals surface area contributed by atoms with E-state index in [0.717, 1.165) is 59.0 Å². The number of hydrogen-bond acceptors (Lipinski definition) is 4. The Morgan fingerprint density at radius 3 is 2.74 bits per heavy atom. The topological polar surface area (TPSA) is 67.9 Å². The summed E-state index contributed by atoms with van der Waals surface area (Å²) in [6.07, 6.45) is 6.16. The van der Waals surface area contributed by atoms with Crippen molar-refractivity contribution in [2.75, 3.05) is 6.61 Å². The molecule has 1 aliphatic carbocycles. The van der Waals surface area contributed by atoms with Gasteiger partial charge in [0.2, 0.25) is 0 Å². The molecule has 5 rings (SSSR count). The average molecular weight is 460 g/mol. The Labute approximate surface area is 198 Å². The number of aromatic amines is 1. The van der Waals surface area contributed by atoms with E-state index in [9.17, 15) is 9.18 Å². The number of carbonyl (C=O) groups excluding carboxylic acids is 1. The lowest BCUT2D eigenvalue weighted by molar-refractivity contribution is 0.0526. The number of aryl methyl sites for hydroxylation is 1. The summed E-state index contributed by atoms with van der Waals surface area (Å²) in [5.41, 5.74) is 5.38. The minimum Gasteiger partial charge on any atom is -0.462 e. The van der Waals surface area contributed by atoms with E-state index in [-0.39, 0.29) is 17.7 Å². The summed E-state index contributed by atoms with van der Waals surface area (Å²) in [5, 5.41) is 0.934. The highest BCUT2D eigenvalue weighted by molar-refractivity contribution is 5.94. The molecule has 1 atom stereocenters. The molecule has 0 radical (unpaired) electrons. The van der Waals surface area contributed by atoms with E-state index in [4.69, 9.17) is 9.72 Å². The number of pyridine rings is 1. The molecule has 5 nitrogen and oxygen atoms in total. The van der Waals surface area contributed by atoms with Crippen molar-refractivity contribution >= 4 is 27.9 Å². The highest BCUT2D eigenvalue weighted by atomic mass is 19.1. The Morgan fingerprint density at radius 1 is 1.18 bits per heavy atom. The lowest BCUT2D eigenvalue weighted by atomic mass is 9.73. The number of carbonyl (C=O) groups is 1. The van der Waals surface area contributed by atoms with E-state index in [1.54, 1.807) is 12.1 Å². The van der Waals surface area contributed by atoms with E-state index in [1.165, 1.54) is 11.6 Å². The van der Waals surface area contributed by atoms with Crippen LogP contribution in [0.2, 0.25) is 0 Å². The van der Waals surface area contributed by atoms with E-state index in [1.807, 2.05) is 32.2 Å². The van der Waals surface area contributed by atoms with Crippen LogP contribution in [-0.2, 0) is 4.74 Å². The molecule has 176 valence electrons. The van der Waals surface area contributed by atoms with E-state index in [2.05, 4.69) is 23.0 Å². The molecule has 0 saturated heterocycles. The zero-order valence-electron chi connectivity index (χ0n) is 19.9. The van der Waals surface area contributed by atoms with E-state index >= 15 is 0 Å². The van der Waals surface area contributed by atoms with Crippen molar-refractivity contribution < 1.29 is 13.9 Å². The largest absolute Gasteiger partial charge is 0.462 e. The first-order valence-corrected chi connectivity index (χ1v) is 12.2. The van der Waals surface area contributed by atoms with Gasteiger partial charge in [-0.1, -0.05) is 6.92 Å². The summed E-state index contributed by atoms with van der Waals surface area (Å²) in [7, 11) is 0. The number of ether oxygens (including phenoxy) is 1. The van der Waals surface area contributed by atoms with Gasteiger partial charge >= 0.3 is 5.97 Å². The van der Waals surface area contributed by atoms with Crippen LogP contribution in [0.4, 0.5) is 4.39 Å². The van der Waals surface area contributed by atoms with Gasteiger partial charge in [0.15, 0.2) is 0 Å². The van der Waals surface area contributed by atoms with Crippen LogP contribution in [0.25, 0.3) is 21.9 Å². The number of aromatic nitrogens is 3. The van der Waals surface area contributed by atoms with E-state index in [0.29, 0.717) is 24.0 Å². The maximum Gasteiger partial charge on any atom is 0.338 e. The van der Waals surface area contributed by atoms with Crippen molar-refractivity contribution in [1.82, 2.24) is 15.0 Å². The smallest absolute Gasteiger partial charge is 0.338 e. The van der Waals surface area contributed by atoms with Crippen LogP contribution in [0.5, 0.6) is 0 Å². The molecule has 6 heteroatoms. The van der Waals surface area contributed by atoms with Crippen molar-refractivity contribution in [1.29, 1.82) is 0 Å². The monoisotopic (exact) mass is 459 g/mol. The number of rotatable bonds is 5. The van der Waals surface area contributed by atoms with Crippen LogP contribution in [-0.4, -0.2) is 27.5 Å². The molecule has 1 saturated carbocycles. The summed E-state index contributed by atoms with van der Waals surface area (Å²) >= 11 is 0. The number of esters is 1. The van der Waals surface area contributed by atoms with Gasteiger partial charge < -0.3 is 9.72 Å². The SMILES string of the molecule is CCOC(=O)c1cc(C)c2nc(C(C)C3CCC(c4ccnc5ccc(F)cc45)CC3)[nH]c2c1. The maximum absolute atomic E-state index is 13.9. The lowest BCUT2D eigenvalue weighted by Crippen LogP contribution is -2.19. The van der Waals surface area contributed by atoms with Gasteiger partial charge in [0.05, 0.1) is 28.7 Å². The third kappa shape index (κ3) is 4.17. The van der Waals surface area contributed by atoms with Gasteiger partial charge in [0.25, 0.3) is 0 Å². The lowest BCUT2D eigenvalue weighted by Gasteiger charge is -2.32. The molecule has 1 aliphatic rings. The van der Waals surface area contributed by atoms with Gasteiger partial charge in [-0.05, 0) is 98.9 Å². The summed E-state index contributed by atoms with van der Waals surface area (Å²) < 4.78 is 19.1. The third-order valence-corrected chi connectivity index (χ3v) is 7.39. The van der Waals surface area contributed by atoms with Crippen LogP contribution < -0.4 is 0 Å². The summed E-state index contributed by atoms with van der Waals surface area (Å²) in [6.45, 7) is 6.38. The number of hydrogen-bond donors (Lipinski definition) is 1. The molecule has 4 aromatic rings. The van der Waals surface area contributed by atoms with Crippen LogP contribution >= 0.6 is 0 Å². The van der Waals surface area contributed by atoms with Crippen molar-refractivity contribution in [2.45, 2.75) is 58.3 Å². The van der Waals surface area contributed by atoms with E-state index < -0.39 is 0 Å². The number of imidazole rings is 1. The first kappa shape index (κ1) is 22.5. The first-order chi connectivity index (χ1) is 16.4. The fraction of sp³-hybridized carbons (Fsp3) is 0.393. The molecule has 2 aromatic heterocycles. The standard InChI is InChI=1S/C28H30FN3O2/c1-4-34-28(33)20-13-16(2)26-25(14-20)31-27(32-26)17(3)18-5-7-19(8-6-18)22-11-12-30-24-10-9-21(29)15-23(22)24/h9-15,17-19H,4-8H2,1-3H3,(H,31,32). The number of halogens is 1. The molecule has 0 amide bonds. The minimum absolute atomic E-state index is 0.213. The Balaban J connectivity index is 1.33. The highest BCUT2D eigenvalue weighted by Crippen LogP contribution is 2.43. The average Bonchev–Trinajstić information content (AvgIpc) is 3.28. The van der Waals surface area contributed by atoms with Gasteiger partial charge in [-0.25, -0.2) is 14.2 Å². The molecule has 2 heterocycles. The molecule has 1 fully saturated rings. The molecule has 0 aliphatic heterocycles. The fourth-order valence-corrected chi connectivity index (χ4v) is 5.51. The second-order valence-corrected chi connectivity index (χ2v) is 9.49. The maximum atomic E-state index is 13.9. The predicted molar refractivity (Wildman–Crippen MR) is 132 cm³/mol. The molecule has 1 N–H and O–H groups in total. The van der Waals surface area contributed by atoms with Crippen molar-refractivity contribution in [3.05, 3.63) is 70.9 Å². The molecule has 34 heavy (non-hydrogen) atoms. The number of H-pyrrole nitrogens is 1. The van der Waals surface area contributed by atoms with Crippen LogP contribution in [0, 0.1) is 18.7 Å².